The van der Waals surface area contributed by atoms with Gasteiger partial charge in [0.25, 0.3) is 0 Å². The number of aromatic nitrogens is 4. The van der Waals surface area contributed by atoms with Crippen LogP contribution in [0.5, 0.6) is 0 Å². The zero-order valence-electron chi connectivity index (χ0n) is 13.4. The molecule has 0 fully saturated rings. The number of methoxy groups -OCH3 is 1. The van der Waals surface area contributed by atoms with Crippen molar-refractivity contribution in [2.24, 2.45) is 5.92 Å². The standard InChI is InChI=1S/C14H18N6O3S/c1-7-16-11(20-19-7)6-15-13(22)18-14-17-9-5-8(12(21)23-2)3-4-10(9)24-14/h8H,3-6H2,1-2H3,(H,16,19,20)(H2,15,17,18,22). The number of ether oxygens (including phenoxy) is 1. The first-order valence-corrected chi connectivity index (χ1v) is 8.36. The monoisotopic (exact) mass is 350 g/mol. The van der Waals surface area contributed by atoms with E-state index in [-0.39, 0.29) is 24.5 Å². The minimum absolute atomic E-state index is 0.153. The summed E-state index contributed by atoms with van der Waals surface area (Å²) in [7, 11) is 1.39. The topological polar surface area (TPSA) is 122 Å². The highest BCUT2D eigenvalue weighted by atomic mass is 32.1. The number of hydrogen-bond acceptors (Lipinski definition) is 7. The maximum atomic E-state index is 11.9. The van der Waals surface area contributed by atoms with Crippen LogP contribution in [0.1, 0.15) is 28.6 Å². The first-order valence-electron chi connectivity index (χ1n) is 7.54. The predicted octanol–water partition coefficient (Wildman–Crippen LogP) is 1.17. The Bertz CT molecular complexity index is 756. The van der Waals surface area contributed by atoms with Crippen LogP contribution in [0.25, 0.3) is 0 Å². The Morgan fingerprint density at radius 2 is 2.25 bits per heavy atom. The number of aryl methyl sites for hydroxylation is 2. The fourth-order valence-electron chi connectivity index (χ4n) is 2.57. The predicted molar refractivity (Wildman–Crippen MR) is 86.6 cm³/mol. The molecule has 0 aromatic carbocycles. The number of carbonyl (C=O) groups is 2. The second-order valence-corrected chi connectivity index (χ2v) is 6.58. The zero-order chi connectivity index (χ0) is 17.1. The first kappa shape index (κ1) is 16.4. The normalized spacial score (nSPS) is 16.3. The molecule has 1 aliphatic rings. The van der Waals surface area contributed by atoms with Gasteiger partial charge in [0.15, 0.2) is 11.0 Å². The van der Waals surface area contributed by atoms with E-state index >= 15 is 0 Å². The van der Waals surface area contributed by atoms with Crippen LogP contribution in [0.3, 0.4) is 0 Å². The third-order valence-electron chi connectivity index (χ3n) is 3.74. The summed E-state index contributed by atoms with van der Waals surface area (Å²) in [5.41, 5.74) is 0.863. The lowest BCUT2D eigenvalue weighted by atomic mass is 9.91. The van der Waals surface area contributed by atoms with E-state index in [0.29, 0.717) is 23.2 Å². The molecule has 9 nitrogen and oxygen atoms in total. The highest BCUT2D eigenvalue weighted by molar-refractivity contribution is 7.15. The van der Waals surface area contributed by atoms with Crippen molar-refractivity contribution in [2.45, 2.75) is 32.7 Å². The third-order valence-corrected chi connectivity index (χ3v) is 4.82. The van der Waals surface area contributed by atoms with Gasteiger partial charge in [-0.15, -0.1) is 11.3 Å². The Hall–Kier alpha value is -2.49. The molecule has 0 radical (unpaired) electrons. The van der Waals surface area contributed by atoms with Gasteiger partial charge in [-0.1, -0.05) is 0 Å². The highest BCUT2D eigenvalue weighted by Crippen LogP contribution is 2.32. The molecule has 2 aromatic heterocycles. The summed E-state index contributed by atoms with van der Waals surface area (Å²) in [6.45, 7) is 2.02. The van der Waals surface area contributed by atoms with Gasteiger partial charge in [-0.3, -0.25) is 15.2 Å². The lowest BCUT2D eigenvalue weighted by molar-refractivity contribution is -0.145. The summed E-state index contributed by atoms with van der Waals surface area (Å²) in [6, 6.07) is -0.368. The molecule has 2 aromatic rings. The maximum Gasteiger partial charge on any atom is 0.321 e. The van der Waals surface area contributed by atoms with E-state index in [2.05, 4.69) is 30.8 Å². The van der Waals surface area contributed by atoms with E-state index in [1.165, 1.54) is 18.4 Å². The van der Waals surface area contributed by atoms with Crippen molar-refractivity contribution in [3.63, 3.8) is 0 Å². The largest absolute Gasteiger partial charge is 0.469 e. The molecule has 1 unspecified atom stereocenters. The van der Waals surface area contributed by atoms with Gasteiger partial charge in [-0.25, -0.2) is 14.8 Å². The minimum Gasteiger partial charge on any atom is -0.469 e. The lowest BCUT2D eigenvalue weighted by Gasteiger charge is -2.18. The molecular formula is C14H18N6O3S. The van der Waals surface area contributed by atoms with E-state index < -0.39 is 0 Å². The number of H-pyrrole nitrogens is 1. The van der Waals surface area contributed by atoms with Crippen LogP contribution in [0.2, 0.25) is 0 Å². The molecular weight excluding hydrogens is 332 g/mol. The van der Waals surface area contributed by atoms with Crippen LogP contribution in [-0.2, 0) is 28.9 Å². The van der Waals surface area contributed by atoms with Crippen molar-refractivity contribution in [3.8, 4) is 0 Å². The van der Waals surface area contributed by atoms with Crippen molar-refractivity contribution in [2.75, 3.05) is 12.4 Å². The number of nitrogens with one attached hydrogen (secondary N) is 3. The van der Waals surface area contributed by atoms with E-state index in [1.54, 1.807) is 6.92 Å². The number of rotatable bonds is 4. The van der Waals surface area contributed by atoms with Crippen molar-refractivity contribution in [3.05, 3.63) is 22.2 Å². The lowest BCUT2D eigenvalue weighted by Crippen LogP contribution is -2.28. The third kappa shape index (κ3) is 3.70. The fraction of sp³-hybridized carbons (Fsp3) is 0.500. The Morgan fingerprint density at radius 1 is 1.42 bits per heavy atom. The Labute approximate surface area is 142 Å². The molecule has 2 amide bonds. The average Bonchev–Trinajstić information content (AvgIpc) is 3.16. The molecule has 0 aliphatic heterocycles. The number of nitrogens with zero attached hydrogens (tertiary/aromatic N) is 3. The first-order chi connectivity index (χ1) is 11.5. The van der Waals surface area contributed by atoms with Crippen molar-refractivity contribution >= 4 is 28.5 Å². The van der Waals surface area contributed by atoms with Crippen LogP contribution in [0.4, 0.5) is 9.93 Å². The van der Waals surface area contributed by atoms with Gasteiger partial charge in [-0.2, -0.15) is 5.10 Å². The number of anilines is 1. The summed E-state index contributed by atoms with van der Waals surface area (Å²) < 4.78 is 4.79. The maximum absolute atomic E-state index is 11.9. The Kier molecular flexibility index (Phi) is 4.74. The number of carbonyl (C=O) groups excluding carboxylic acids is 2. The number of aromatic amines is 1. The summed E-state index contributed by atoms with van der Waals surface area (Å²) >= 11 is 1.44. The van der Waals surface area contributed by atoms with Gasteiger partial charge in [0, 0.05) is 11.3 Å². The molecule has 1 atom stereocenters. The molecule has 128 valence electrons. The van der Waals surface area contributed by atoms with Gasteiger partial charge in [0.05, 0.1) is 25.3 Å². The zero-order valence-corrected chi connectivity index (χ0v) is 14.2. The second-order valence-electron chi connectivity index (χ2n) is 5.50. The van der Waals surface area contributed by atoms with Crippen molar-refractivity contribution < 1.29 is 14.3 Å². The number of fused-ring (bicyclic) bond motifs is 1. The van der Waals surface area contributed by atoms with Crippen LogP contribution in [-0.4, -0.2) is 39.3 Å². The van der Waals surface area contributed by atoms with Crippen molar-refractivity contribution in [1.82, 2.24) is 25.5 Å². The van der Waals surface area contributed by atoms with E-state index in [9.17, 15) is 9.59 Å². The molecule has 1 aliphatic carbocycles. The number of amides is 2. The SMILES string of the molecule is COC(=O)C1CCc2sc(NC(=O)NCc3n[nH]c(C)n3)nc2C1. The second kappa shape index (κ2) is 6.95. The van der Waals surface area contributed by atoms with Crippen molar-refractivity contribution in [1.29, 1.82) is 0 Å². The minimum atomic E-state index is -0.368. The number of esters is 1. The van der Waals surface area contributed by atoms with Gasteiger partial charge >= 0.3 is 12.0 Å². The molecule has 2 heterocycles. The van der Waals surface area contributed by atoms with E-state index in [1.807, 2.05) is 0 Å². The summed E-state index contributed by atoms with van der Waals surface area (Å²) in [5.74, 6) is 0.852. The molecule has 3 rings (SSSR count). The summed E-state index contributed by atoms with van der Waals surface area (Å²) in [4.78, 5) is 33.2. The number of thiazole rings is 1. The Balaban J connectivity index is 1.56. The van der Waals surface area contributed by atoms with Crippen LogP contribution in [0.15, 0.2) is 0 Å². The number of urea groups is 1. The molecule has 0 spiro atoms. The van der Waals surface area contributed by atoms with E-state index in [0.717, 1.165) is 23.4 Å². The summed E-state index contributed by atoms with van der Waals surface area (Å²) in [6.07, 6.45) is 2.07. The quantitative estimate of drug-likeness (QED) is 0.712. The van der Waals surface area contributed by atoms with Crippen LogP contribution >= 0.6 is 11.3 Å². The molecule has 24 heavy (non-hydrogen) atoms. The average molecular weight is 350 g/mol. The Morgan fingerprint density at radius 3 is 2.96 bits per heavy atom. The van der Waals surface area contributed by atoms with Gasteiger partial charge in [0.2, 0.25) is 0 Å². The molecule has 3 N–H and O–H groups in total. The van der Waals surface area contributed by atoms with Gasteiger partial charge < -0.3 is 10.1 Å². The molecule has 0 bridgehead atoms. The van der Waals surface area contributed by atoms with Crippen LogP contribution < -0.4 is 10.6 Å². The highest BCUT2D eigenvalue weighted by Gasteiger charge is 2.28. The van der Waals surface area contributed by atoms with E-state index in [4.69, 9.17) is 4.74 Å². The number of hydrogen-bond donors (Lipinski definition) is 3. The van der Waals surface area contributed by atoms with Crippen LogP contribution in [0, 0.1) is 12.8 Å². The smallest absolute Gasteiger partial charge is 0.321 e. The van der Waals surface area contributed by atoms with Gasteiger partial charge in [0.1, 0.15) is 5.82 Å². The summed E-state index contributed by atoms with van der Waals surface area (Å²) in [5, 5.41) is 12.6. The molecule has 0 saturated heterocycles. The fourth-order valence-corrected chi connectivity index (χ4v) is 3.57. The van der Waals surface area contributed by atoms with Gasteiger partial charge in [-0.05, 0) is 19.8 Å². The molecule has 0 saturated carbocycles. The molecule has 10 heteroatoms.